The maximum atomic E-state index is 5.69. The number of pyridine rings is 2. The van der Waals surface area contributed by atoms with E-state index in [9.17, 15) is 0 Å². The third-order valence-electron chi connectivity index (χ3n) is 4.29. The van der Waals surface area contributed by atoms with E-state index >= 15 is 0 Å². The number of fused-ring (bicyclic) bond motifs is 1. The number of anilines is 1. The highest BCUT2D eigenvalue weighted by molar-refractivity contribution is 5.96. The van der Waals surface area contributed by atoms with Crippen molar-refractivity contribution in [3.8, 4) is 17.1 Å². The second kappa shape index (κ2) is 7.06. The second-order valence-corrected chi connectivity index (χ2v) is 5.90. The quantitative estimate of drug-likeness (QED) is 0.787. The van der Waals surface area contributed by atoms with Crippen LogP contribution in [0.2, 0.25) is 0 Å². The molecule has 7 nitrogen and oxygen atoms in total. The van der Waals surface area contributed by atoms with Gasteiger partial charge in [0, 0.05) is 37.7 Å². The van der Waals surface area contributed by atoms with Gasteiger partial charge in [-0.05, 0) is 31.5 Å². The molecule has 3 aromatic rings. The van der Waals surface area contributed by atoms with Gasteiger partial charge in [0.2, 0.25) is 5.88 Å². The van der Waals surface area contributed by atoms with E-state index in [0.29, 0.717) is 12.5 Å². The standard InChI is InChI=1S/C18H21N5O2/c1-2-25-18-16-14(5-7-20-18)21-22-17(16)13-4-6-19-15(12-13)23-8-3-10-24-11-9-23/h4-7,12H,2-3,8-11H2,1H3,(H,21,22). The van der Waals surface area contributed by atoms with E-state index in [0.717, 1.165) is 60.7 Å². The number of nitrogens with one attached hydrogen (secondary N) is 1. The lowest BCUT2D eigenvalue weighted by atomic mass is 10.1. The van der Waals surface area contributed by atoms with Crippen LogP contribution in [0.25, 0.3) is 22.2 Å². The lowest BCUT2D eigenvalue weighted by molar-refractivity contribution is 0.152. The molecule has 1 saturated heterocycles. The predicted octanol–water partition coefficient (Wildman–Crippen LogP) is 2.65. The molecule has 3 aromatic heterocycles. The zero-order chi connectivity index (χ0) is 17.1. The number of hydrogen-bond donors (Lipinski definition) is 1. The third kappa shape index (κ3) is 3.15. The van der Waals surface area contributed by atoms with Crippen LogP contribution in [0.5, 0.6) is 5.88 Å². The summed E-state index contributed by atoms with van der Waals surface area (Å²) in [5.74, 6) is 1.55. The number of rotatable bonds is 4. The van der Waals surface area contributed by atoms with Gasteiger partial charge in [-0.1, -0.05) is 0 Å². The zero-order valence-electron chi connectivity index (χ0n) is 14.2. The van der Waals surface area contributed by atoms with Crippen LogP contribution in [-0.4, -0.2) is 53.1 Å². The molecule has 0 atom stereocenters. The Hall–Kier alpha value is -2.67. The minimum Gasteiger partial charge on any atom is -0.477 e. The fourth-order valence-electron chi connectivity index (χ4n) is 3.11. The van der Waals surface area contributed by atoms with Crippen molar-refractivity contribution in [2.45, 2.75) is 13.3 Å². The van der Waals surface area contributed by atoms with Crippen LogP contribution in [0.3, 0.4) is 0 Å². The average molecular weight is 339 g/mol. The molecule has 7 heteroatoms. The molecule has 1 fully saturated rings. The first-order valence-corrected chi connectivity index (χ1v) is 8.62. The topological polar surface area (TPSA) is 76.2 Å². The van der Waals surface area contributed by atoms with Gasteiger partial charge in [-0.15, -0.1) is 0 Å². The summed E-state index contributed by atoms with van der Waals surface area (Å²) < 4.78 is 11.2. The second-order valence-electron chi connectivity index (χ2n) is 5.90. The summed E-state index contributed by atoms with van der Waals surface area (Å²) in [6, 6.07) is 5.95. The van der Waals surface area contributed by atoms with Crippen molar-refractivity contribution in [3.63, 3.8) is 0 Å². The number of ether oxygens (including phenoxy) is 2. The van der Waals surface area contributed by atoms with Crippen molar-refractivity contribution in [2.24, 2.45) is 0 Å². The molecule has 0 amide bonds. The van der Waals surface area contributed by atoms with Gasteiger partial charge in [-0.25, -0.2) is 9.97 Å². The Morgan fingerprint density at radius 2 is 2.12 bits per heavy atom. The minimum absolute atomic E-state index is 0.562. The van der Waals surface area contributed by atoms with Gasteiger partial charge in [0.25, 0.3) is 0 Å². The summed E-state index contributed by atoms with van der Waals surface area (Å²) in [7, 11) is 0. The third-order valence-corrected chi connectivity index (χ3v) is 4.29. The molecular formula is C18H21N5O2. The average Bonchev–Trinajstić information content (AvgIpc) is 2.90. The molecule has 0 aliphatic carbocycles. The van der Waals surface area contributed by atoms with Crippen LogP contribution in [0.15, 0.2) is 30.6 Å². The normalized spacial score (nSPS) is 15.3. The van der Waals surface area contributed by atoms with Crippen molar-refractivity contribution in [1.29, 1.82) is 0 Å². The van der Waals surface area contributed by atoms with E-state index in [2.05, 4.69) is 31.1 Å². The predicted molar refractivity (Wildman–Crippen MR) is 95.9 cm³/mol. The number of nitrogens with zero attached hydrogens (tertiary/aromatic N) is 4. The molecule has 1 aliphatic heterocycles. The fraction of sp³-hybridized carbons (Fsp3) is 0.389. The van der Waals surface area contributed by atoms with Gasteiger partial charge in [-0.2, -0.15) is 5.10 Å². The number of H-pyrrole nitrogens is 1. The Labute approximate surface area is 146 Å². The monoisotopic (exact) mass is 339 g/mol. The van der Waals surface area contributed by atoms with Gasteiger partial charge < -0.3 is 14.4 Å². The first-order valence-electron chi connectivity index (χ1n) is 8.62. The van der Waals surface area contributed by atoms with Crippen LogP contribution in [-0.2, 0) is 4.74 Å². The number of aromatic amines is 1. The molecule has 0 unspecified atom stereocenters. The Balaban J connectivity index is 1.75. The lowest BCUT2D eigenvalue weighted by Gasteiger charge is -2.20. The van der Waals surface area contributed by atoms with E-state index in [4.69, 9.17) is 9.47 Å². The fourth-order valence-corrected chi connectivity index (χ4v) is 3.11. The van der Waals surface area contributed by atoms with Gasteiger partial charge in [0.05, 0.1) is 24.1 Å². The molecule has 0 spiro atoms. The number of aromatic nitrogens is 4. The molecule has 1 aliphatic rings. The van der Waals surface area contributed by atoms with Crippen molar-refractivity contribution in [3.05, 3.63) is 30.6 Å². The molecule has 4 heterocycles. The summed E-state index contributed by atoms with van der Waals surface area (Å²) in [4.78, 5) is 11.2. The summed E-state index contributed by atoms with van der Waals surface area (Å²) in [5.41, 5.74) is 2.74. The van der Waals surface area contributed by atoms with Gasteiger partial charge >= 0.3 is 0 Å². The first kappa shape index (κ1) is 15.8. The van der Waals surface area contributed by atoms with E-state index in [1.54, 1.807) is 6.20 Å². The van der Waals surface area contributed by atoms with Crippen LogP contribution < -0.4 is 9.64 Å². The highest BCUT2D eigenvalue weighted by atomic mass is 16.5. The molecule has 130 valence electrons. The van der Waals surface area contributed by atoms with Gasteiger partial charge in [0.1, 0.15) is 11.5 Å². The maximum absolute atomic E-state index is 5.69. The Morgan fingerprint density at radius 1 is 1.20 bits per heavy atom. The molecule has 0 bridgehead atoms. The van der Waals surface area contributed by atoms with Crippen molar-refractivity contribution in [2.75, 3.05) is 37.8 Å². The molecule has 0 saturated carbocycles. The lowest BCUT2D eigenvalue weighted by Crippen LogP contribution is -2.26. The van der Waals surface area contributed by atoms with Crippen LogP contribution in [0.4, 0.5) is 5.82 Å². The van der Waals surface area contributed by atoms with Crippen LogP contribution in [0, 0.1) is 0 Å². The number of hydrogen-bond acceptors (Lipinski definition) is 6. The highest BCUT2D eigenvalue weighted by Gasteiger charge is 2.17. The van der Waals surface area contributed by atoms with Crippen molar-refractivity contribution in [1.82, 2.24) is 20.2 Å². The Kier molecular flexibility index (Phi) is 4.47. The van der Waals surface area contributed by atoms with Crippen molar-refractivity contribution < 1.29 is 9.47 Å². The smallest absolute Gasteiger partial charge is 0.225 e. The summed E-state index contributed by atoms with van der Waals surface area (Å²) >= 11 is 0. The zero-order valence-corrected chi connectivity index (χ0v) is 14.2. The molecule has 0 radical (unpaired) electrons. The van der Waals surface area contributed by atoms with E-state index < -0.39 is 0 Å². The largest absolute Gasteiger partial charge is 0.477 e. The SMILES string of the molecule is CCOc1nccc2[nH]nc(-c3ccnc(N4CCCOCC4)c3)c12. The molecule has 25 heavy (non-hydrogen) atoms. The summed E-state index contributed by atoms with van der Waals surface area (Å²) in [5, 5.41) is 8.47. The molecule has 0 aromatic carbocycles. The minimum atomic E-state index is 0.562. The van der Waals surface area contributed by atoms with Crippen LogP contribution in [0.1, 0.15) is 13.3 Å². The van der Waals surface area contributed by atoms with E-state index in [1.807, 2.05) is 25.3 Å². The highest BCUT2D eigenvalue weighted by Crippen LogP contribution is 2.33. The van der Waals surface area contributed by atoms with E-state index in [-0.39, 0.29) is 0 Å². The molecule has 4 rings (SSSR count). The summed E-state index contributed by atoms with van der Waals surface area (Å²) in [6.45, 7) is 5.85. The molecular weight excluding hydrogens is 318 g/mol. The first-order chi connectivity index (χ1) is 12.4. The van der Waals surface area contributed by atoms with Gasteiger partial charge in [0.15, 0.2) is 0 Å². The Morgan fingerprint density at radius 3 is 3.04 bits per heavy atom. The van der Waals surface area contributed by atoms with Crippen molar-refractivity contribution >= 4 is 16.7 Å². The van der Waals surface area contributed by atoms with Gasteiger partial charge in [-0.3, -0.25) is 5.10 Å². The summed E-state index contributed by atoms with van der Waals surface area (Å²) in [6.07, 6.45) is 4.56. The Bertz CT molecular complexity index is 856. The van der Waals surface area contributed by atoms with Crippen LogP contribution >= 0.6 is 0 Å². The molecule has 1 N–H and O–H groups in total. The maximum Gasteiger partial charge on any atom is 0.225 e. The van der Waals surface area contributed by atoms with E-state index in [1.165, 1.54) is 0 Å².